The number of unbranched alkanes of at least 4 members (excludes halogenated alkanes) is 2. The highest BCUT2D eigenvalue weighted by Gasteiger charge is 2.10. The maximum absolute atomic E-state index is 12.6. The normalized spacial score (nSPS) is 10.4. The van der Waals surface area contributed by atoms with Crippen LogP contribution in [0, 0.1) is 0 Å². The highest BCUT2D eigenvalue weighted by molar-refractivity contribution is 6.09. The summed E-state index contributed by atoms with van der Waals surface area (Å²) in [5.41, 5.74) is 8.70. The number of carbonyl (C=O) groups excluding carboxylic acids is 3. The maximum atomic E-state index is 12.6. The van der Waals surface area contributed by atoms with Gasteiger partial charge in [0.05, 0.1) is 11.4 Å². The molecule has 0 radical (unpaired) electrons. The third-order valence-electron chi connectivity index (χ3n) is 4.99. The molecule has 0 aliphatic heterocycles. The number of benzene rings is 3. The van der Waals surface area contributed by atoms with Crippen LogP contribution < -0.4 is 16.4 Å². The second-order valence-electron chi connectivity index (χ2n) is 7.52. The molecule has 0 heterocycles. The maximum Gasteiger partial charge on any atom is 0.224 e. The number of rotatable bonds is 10. The van der Waals surface area contributed by atoms with E-state index in [1.165, 1.54) is 0 Å². The summed E-state index contributed by atoms with van der Waals surface area (Å²) in [5.74, 6) is -0.291. The molecule has 32 heavy (non-hydrogen) atoms. The van der Waals surface area contributed by atoms with Crippen molar-refractivity contribution in [3.05, 3.63) is 90.0 Å². The van der Waals surface area contributed by atoms with Gasteiger partial charge in [0.2, 0.25) is 11.8 Å². The van der Waals surface area contributed by atoms with Crippen LogP contribution in [0.3, 0.4) is 0 Å². The highest BCUT2D eigenvalue weighted by atomic mass is 16.2. The first-order valence-corrected chi connectivity index (χ1v) is 10.7. The first kappa shape index (κ1) is 22.7. The van der Waals surface area contributed by atoms with E-state index < -0.39 is 0 Å². The minimum atomic E-state index is -0.115. The van der Waals surface area contributed by atoms with Crippen LogP contribution in [0.5, 0.6) is 0 Å². The van der Waals surface area contributed by atoms with E-state index in [2.05, 4.69) is 10.6 Å². The summed E-state index contributed by atoms with van der Waals surface area (Å²) in [7, 11) is 0. The van der Waals surface area contributed by atoms with Gasteiger partial charge in [-0.3, -0.25) is 14.4 Å². The van der Waals surface area contributed by atoms with Crippen molar-refractivity contribution < 1.29 is 14.4 Å². The van der Waals surface area contributed by atoms with Gasteiger partial charge in [0.25, 0.3) is 0 Å². The van der Waals surface area contributed by atoms with E-state index in [1.54, 1.807) is 48.5 Å². The van der Waals surface area contributed by atoms with E-state index in [-0.39, 0.29) is 17.6 Å². The summed E-state index contributed by atoms with van der Waals surface area (Å²) < 4.78 is 0. The Hall–Kier alpha value is -3.93. The molecule has 164 valence electrons. The van der Waals surface area contributed by atoms with Crippen molar-refractivity contribution in [3.63, 3.8) is 0 Å². The Morgan fingerprint density at radius 2 is 1.28 bits per heavy atom. The summed E-state index contributed by atoms with van der Waals surface area (Å²) in [6.45, 7) is 0. The van der Waals surface area contributed by atoms with Crippen molar-refractivity contribution in [1.82, 2.24) is 0 Å². The zero-order valence-corrected chi connectivity index (χ0v) is 17.8. The average molecular weight is 430 g/mol. The molecule has 0 bridgehead atoms. The molecule has 0 fully saturated rings. The zero-order chi connectivity index (χ0) is 22.8. The molecular weight excluding hydrogens is 402 g/mol. The lowest BCUT2D eigenvalue weighted by Crippen LogP contribution is -2.13. The Morgan fingerprint density at radius 3 is 2.00 bits per heavy atom. The van der Waals surface area contributed by atoms with Crippen molar-refractivity contribution in [2.75, 3.05) is 16.4 Å². The van der Waals surface area contributed by atoms with E-state index in [0.29, 0.717) is 53.9 Å². The second-order valence-corrected chi connectivity index (χ2v) is 7.52. The predicted octanol–water partition coefficient (Wildman–Crippen LogP) is 5.03. The zero-order valence-electron chi connectivity index (χ0n) is 17.8. The Bertz CT molecular complexity index is 1080. The third kappa shape index (κ3) is 6.80. The number of anilines is 3. The number of ketones is 1. The number of hydrogen-bond acceptors (Lipinski definition) is 4. The average Bonchev–Trinajstić information content (AvgIpc) is 2.80. The van der Waals surface area contributed by atoms with Gasteiger partial charge in [-0.2, -0.15) is 0 Å². The Balaban J connectivity index is 1.38. The van der Waals surface area contributed by atoms with Crippen molar-refractivity contribution in [2.45, 2.75) is 32.1 Å². The molecule has 0 unspecified atom stereocenters. The molecule has 3 aromatic carbocycles. The Kier molecular flexibility index (Phi) is 8.15. The number of hydrogen-bond donors (Lipinski definition) is 3. The fourth-order valence-corrected chi connectivity index (χ4v) is 3.29. The van der Waals surface area contributed by atoms with Crippen molar-refractivity contribution in [1.29, 1.82) is 0 Å². The Labute approximate surface area is 187 Å². The molecule has 0 spiro atoms. The van der Waals surface area contributed by atoms with Crippen molar-refractivity contribution in [2.24, 2.45) is 0 Å². The van der Waals surface area contributed by atoms with Crippen LogP contribution in [0.4, 0.5) is 17.1 Å². The number of nitrogens with one attached hydrogen (secondary N) is 2. The summed E-state index contributed by atoms with van der Waals surface area (Å²) >= 11 is 0. The minimum absolute atomic E-state index is 0.0859. The molecule has 0 aliphatic rings. The van der Waals surface area contributed by atoms with Gasteiger partial charge in [-0.05, 0) is 37.1 Å². The number of nitrogens with two attached hydrogens (primary N) is 1. The third-order valence-corrected chi connectivity index (χ3v) is 4.99. The molecule has 0 aliphatic carbocycles. The summed E-state index contributed by atoms with van der Waals surface area (Å²) in [6, 6.07) is 23.1. The van der Waals surface area contributed by atoms with Crippen LogP contribution in [0.15, 0.2) is 78.9 Å². The molecule has 3 aromatic rings. The van der Waals surface area contributed by atoms with Crippen LogP contribution in [0.1, 0.15) is 48.0 Å². The highest BCUT2D eigenvalue weighted by Crippen LogP contribution is 2.18. The van der Waals surface area contributed by atoms with Crippen LogP contribution in [-0.4, -0.2) is 17.6 Å². The van der Waals surface area contributed by atoms with Gasteiger partial charge < -0.3 is 16.4 Å². The standard InChI is InChI=1S/C26H27N3O3/c27-22-14-7-8-15-23(22)29-25(31)17-6-2-5-16-24(30)28-21-13-9-12-20(18-21)26(32)19-10-3-1-4-11-19/h1,3-4,7-15,18H,2,5-6,16-17,27H2,(H,28,30)(H,29,31). The van der Waals surface area contributed by atoms with E-state index >= 15 is 0 Å². The lowest BCUT2D eigenvalue weighted by molar-refractivity contribution is -0.116. The van der Waals surface area contributed by atoms with E-state index in [1.807, 2.05) is 30.3 Å². The van der Waals surface area contributed by atoms with Crippen molar-refractivity contribution >= 4 is 34.7 Å². The van der Waals surface area contributed by atoms with Crippen LogP contribution in [0.2, 0.25) is 0 Å². The molecule has 0 saturated heterocycles. The first-order valence-electron chi connectivity index (χ1n) is 10.7. The van der Waals surface area contributed by atoms with Gasteiger partial charge in [-0.15, -0.1) is 0 Å². The summed E-state index contributed by atoms with van der Waals surface area (Å²) in [5, 5.41) is 5.64. The molecule has 6 nitrogen and oxygen atoms in total. The SMILES string of the molecule is Nc1ccccc1NC(=O)CCCCCC(=O)Nc1cccc(C(=O)c2ccccc2)c1. The molecule has 4 N–H and O–H groups in total. The van der Waals surface area contributed by atoms with Gasteiger partial charge >= 0.3 is 0 Å². The fourth-order valence-electron chi connectivity index (χ4n) is 3.29. The molecule has 6 heteroatoms. The van der Waals surface area contributed by atoms with Crippen LogP contribution >= 0.6 is 0 Å². The molecule has 0 atom stereocenters. The largest absolute Gasteiger partial charge is 0.397 e. The van der Waals surface area contributed by atoms with Crippen LogP contribution in [0.25, 0.3) is 0 Å². The second kappa shape index (κ2) is 11.5. The topological polar surface area (TPSA) is 101 Å². The quantitative estimate of drug-likeness (QED) is 0.239. The van der Waals surface area contributed by atoms with Crippen LogP contribution in [-0.2, 0) is 9.59 Å². The van der Waals surface area contributed by atoms with E-state index in [9.17, 15) is 14.4 Å². The molecular formula is C26H27N3O3. The van der Waals surface area contributed by atoms with E-state index in [4.69, 9.17) is 5.73 Å². The molecule has 0 aromatic heterocycles. The number of carbonyl (C=O) groups is 3. The van der Waals surface area contributed by atoms with Gasteiger partial charge in [0, 0.05) is 29.7 Å². The van der Waals surface area contributed by atoms with Gasteiger partial charge in [0.15, 0.2) is 5.78 Å². The monoisotopic (exact) mass is 429 g/mol. The molecule has 0 saturated carbocycles. The minimum Gasteiger partial charge on any atom is -0.397 e. The lowest BCUT2D eigenvalue weighted by atomic mass is 10.0. The predicted molar refractivity (Wildman–Crippen MR) is 128 cm³/mol. The van der Waals surface area contributed by atoms with E-state index in [0.717, 1.165) is 6.42 Å². The first-order chi connectivity index (χ1) is 15.5. The number of amides is 2. The Morgan fingerprint density at radius 1 is 0.656 bits per heavy atom. The fraction of sp³-hybridized carbons (Fsp3) is 0.192. The number of nitrogen functional groups attached to an aromatic ring is 1. The molecule has 3 rings (SSSR count). The lowest BCUT2D eigenvalue weighted by Gasteiger charge is -2.08. The number of para-hydroxylation sites is 2. The van der Waals surface area contributed by atoms with Gasteiger partial charge in [-0.25, -0.2) is 0 Å². The van der Waals surface area contributed by atoms with Crippen molar-refractivity contribution in [3.8, 4) is 0 Å². The summed E-state index contributed by atoms with van der Waals surface area (Å²) in [6.07, 6.45) is 2.85. The summed E-state index contributed by atoms with van der Waals surface area (Å²) in [4.78, 5) is 36.8. The smallest absolute Gasteiger partial charge is 0.224 e. The molecule has 2 amide bonds. The van der Waals surface area contributed by atoms with Gasteiger partial charge in [0.1, 0.15) is 0 Å². The van der Waals surface area contributed by atoms with Gasteiger partial charge in [-0.1, -0.05) is 61.0 Å².